The molecule has 1 atom stereocenters. The first-order chi connectivity index (χ1) is 8.20. The van der Waals surface area contributed by atoms with Gasteiger partial charge in [-0.3, -0.25) is 9.36 Å². The number of carbonyl (C=O) groups is 1. The first-order valence-corrected chi connectivity index (χ1v) is 6.85. The number of halogens is 1. The molecule has 0 spiro atoms. The second kappa shape index (κ2) is 5.18. The quantitative estimate of drug-likeness (QED) is 0.499. The molecule has 5 nitrogen and oxygen atoms in total. The van der Waals surface area contributed by atoms with E-state index in [1.54, 1.807) is 0 Å². The van der Waals surface area contributed by atoms with Crippen LogP contribution in [0.25, 0.3) is 0 Å². The van der Waals surface area contributed by atoms with E-state index in [4.69, 9.17) is 4.74 Å². The SMILES string of the molecule is CCC(C)(C(=O)Oc1ccc(F)cc1)P(=O)(O)O. The highest BCUT2D eigenvalue weighted by Gasteiger charge is 2.49. The maximum Gasteiger partial charge on any atom is 0.342 e. The molecule has 18 heavy (non-hydrogen) atoms. The molecule has 0 saturated heterocycles. The summed E-state index contributed by atoms with van der Waals surface area (Å²) in [6.07, 6.45) is -0.0721. The van der Waals surface area contributed by atoms with Crippen LogP contribution in [0.5, 0.6) is 5.75 Å². The summed E-state index contributed by atoms with van der Waals surface area (Å²) in [5.74, 6) is -1.50. The Morgan fingerprint density at radius 3 is 2.28 bits per heavy atom. The highest BCUT2D eigenvalue weighted by Crippen LogP contribution is 2.52. The molecule has 0 aliphatic carbocycles. The third-order valence-electron chi connectivity index (χ3n) is 2.80. The molecule has 0 amide bonds. The molecule has 1 aromatic rings. The van der Waals surface area contributed by atoms with Crippen molar-refractivity contribution in [1.82, 2.24) is 0 Å². The Hall–Kier alpha value is -1.23. The third kappa shape index (κ3) is 2.96. The van der Waals surface area contributed by atoms with Crippen molar-refractivity contribution < 1.29 is 28.3 Å². The Labute approximate surface area is 104 Å². The molecule has 1 rings (SSSR count). The molecule has 0 aliphatic heterocycles. The average molecular weight is 276 g/mol. The Bertz CT molecular complexity index is 481. The topological polar surface area (TPSA) is 83.8 Å². The van der Waals surface area contributed by atoms with Gasteiger partial charge in [-0.1, -0.05) is 6.92 Å². The normalized spacial score (nSPS) is 14.9. The predicted molar refractivity (Wildman–Crippen MR) is 62.8 cm³/mol. The van der Waals surface area contributed by atoms with Crippen molar-refractivity contribution in [2.45, 2.75) is 25.4 Å². The molecule has 2 N–H and O–H groups in total. The van der Waals surface area contributed by atoms with E-state index >= 15 is 0 Å². The van der Waals surface area contributed by atoms with Crippen LogP contribution in [-0.4, -0.2) is 20.9 Å². The molecule has 0 radical (unpaired) electrons. The van der Waals surface area contributed by atoms with Gasteiger partial charge in [0.05, 0.1) is 0 Å². The number of rotatable bonds is 4. The Morgan fingerprint density at radius 2 is 1.89 bits per heavy atom. The van der Waals surface area contributed by atoms with Crippen molar-refractivity contribution in [2.24, 2.45) is 0 Å². The number of carbonyl (C=O) groups excluding carboxylic acids is 1. The van der Waals surface area contributed by atoms with Gasteiger partial charge in [0, 0.05) is 0 Å². The minimum atomic E-state index is -4.64. The van der Waals surface area contributed by atoms with Crippen LogP contribution in [0.2, 0.25) is 0 Å². The Morgan fingerprint density at radius 1 is 1.39 bits per heavy atom. The molecule has 0 aliphatic rings. The summed E-state index contributed by atoms with van der Waals surface area (Å²) in [5, 5.41) is -1.90. The molecular weight excluding hydrogens is 262 g/mol. The molecule has 100 valence electrons. The van der Waals surface area contributed by atoms with E-state index in [0.29, 0.717) is 0 Å². The fourth-order valence-corrected chi connectivity index (χ4v) is 1.88. The van der Waals surface area contributed by atoms with Gasteiger partial charge in [-0.2, -0.15) is 0 Å². The molecule has 1 aromatic carbocycles. The van der Waals surface area contributed by atoms with Crippen molar-refractivity contribution in [1.29, 1.82) is 0 Å². The van der Waals surface area contributed by atoms with Crippen molar-refractivity contribution in [3.8, 4) is 5.75 Å². The monoisotopic (exact) mass is 276 g/mol. The lowest BCUT2D eigenvalue weighted by molar-refractivity contribution is -0.137. The van der Waals surface area contributed by atoms with Crippen LogP contribution < -0.4 is 4.74 Å². The van der Waals surface area contributed by atoms with Crippen molar-refractivity contribution in [2.75, 3.05) is 0 Å². The summed E-state index contributed by atoms with van der Waals surface area (Å²) in [5.41, 5.74) is 0. The van der Waals surface area contributed by atoms with E-state index in [-0.39, 0.29) is 12.2 Å². The molecule has 1 unspecified atom stereocenters. The summed E-state index contributed by atoms with van der Waals surface area (Å²) < 4.78 is 28.8. The first kappa shape index (κ1) is 14.8. The predicted octanol–water partition coefficient (Wildman–Crippen LogP) is 2.08. The van der Waals surface area contributed by atoms with Crippen LogP contribution in [0.15, 0.2) is 24.3 Å². The fraction of sp³-hybridized carbons (Fsp3) is 0.364. The summed E-state index contributed by atoms with van der Waals surface area (Å²) >= 11 is 0. The zero-order valence-corrected chi connectivity index (χ0v) is 10.9. The second-order valence-electron chi connectivity index (χ2n) is 4.01. The van der Waals surface area contributed by atoms with Gasteiger partial charge in [0.2, 0.25) is 0 Å². The van der Waals surface area contributed by atoms with Gasteiger partial charge >= 0.3 is 13.6 Å². The standard InChI is InChI=1S/C11H14FO5P/c1-3-11(2,18(14,15)16)10(13)17-9-6-4-8(12)5-7-9/h4-7H,3H2,1-2H3,(H2,14,15,16). The molecular formula is C11H14FO5P. The van der Waals surface area contributed by atoms with Crippen LogP contribution in [0.1, 0.15) is 20.3 Å². The minimum Gasteiger partial charge on any atom is -0.426 e. The lowest BCUT2D eigenvalue weighted by Crippen LogP contribution is -2.38. The van der Waals surface area contributed by atoms with Crippen LogP contribution in [0.3, 0.4) is 0 Å². The average Bonchev–Trinajstić information content (AvgIpc) is 2.29. The van der Waals surface area contributed by atoms with Gasteiger partial charge in [0.15, 0.2) is 5.16 Å². The summed E-state index contributed by atoms with van der Waals surface area (Å²) in [4.78, 5) is 30.1. The number of ether oxygens (including phenoxy) is 1. The Balaban J connectivity index is 2.94. The zero-order chi connectivity index (χ0) is 14.0. The first-order valence-electron chi connectivity index (χ1n) is 5.24. The maximum absolute atomic E-state index is 12.6. The van der Waals surface area contributed by atoms with Crippen LogP contribution in [0.4, 0.5) is 4.39 Å². The Kier molecular flexibility index (Phi) is 4.27. The van der Waals surface area contributed by atoms with Gasteiger partial charge in [0.25, 0.3) is 0 Å². The van der Waals surface area contributed by atoms with Crippen LogP contribution in [0, 0.1) is 5.82 Å². The molecule has 0 bridgehead atoms. The number of hydrogen-bond donors (Lipinski definition) is 2. The molecule has 7 heteroatoms. The third-order valence-corrected chi connectivity index (χ3v) is 4.58. The lowest BCUT2D eigenvalue weighted by Gasteiger charge is -2.26. The maximum atomic E-state index is 12.6. The number of esters is 1. The highest BCUT2D eigenvalue weighted by molar-refractivity contribution is 7.54. The van der Waals surface area contributed by atoms with E-state index in [9.17, 15) is 23.5 Å². The minimum absolute atomic E-state index is 0.0366. The molecule has 0 saturated carbocycles. The van der Waals surface area contributed by atoms with Crippen LogP contribution >= 0.6 is 7.60 Å². The van der Waals surface area contributed by atoms with Gasteiger partial charge in [-0.15, -0.1) is 0 Å². The van der Waals surface area contributed by atoms with E-state index in [1.807, 2.05) is 0 Å². The summed E-state index contributed by atoms with van der Waals surface area (Å²) in [6.45, 7) is 2.62. The fourth-order valence-electron chi connectivity index (χ4n) is 1.19. The van der Waals surface area contributed by atoms with Crippen molar-refractivity contribution >= 4 is 13.6 Å². The van der Waals surface area contributed by atoms with E-state index in [0.717, 1.165) is 19.1 Å². The molecule has 0 fully saturated rings. The number of benzene rings is 1. The van der Waals surface area contributed by atoms with Gasteiger partial charge in [0.1, 0.15) is 11.6 Å². The number of hydrogen-bond acceptors (Lipinski definition) is 3. The second-order valence-corrected chi connectivity index (χ2v) is 6.09. The van der Waals surface area contributed by atoms with Gasteiger partial charge < -0.3 is 14.5 Å². The smallest absolute Gasteiger partial charge is 0.342 e. The van der Waals surface area contributed by atoms with Crippen molar-refractivity contribution in [3.05, 3.63) is 30.1 Å². The summed E-state index contributed by atoms with van der Waals surface area (Å²) in [6, 6.07) is 4.60. The van der Waals surface area contributed by atoms with Crippen LogP contribution in [-0.2, 0) is 9.36 Å². The molecule has 0 heterocycles. The summed E-state index contributed by atoms with van der Waals surface area (Å²) in [7, 11) is -4.64. The zero-order valence-electron chi connectivity index (χ0n) is 9.96. The van der Waals surface area contributed by atoms with E-state index < -0.39 is 24.5 Å². The van der Waals surface area contributed by atoms with E-state index in [1.165, 1.54) is 19.1 Å². The highest BCUT2D eigenvalue weighted by atomic mass is 31.2. The van der Waals surface area contributed by atoms with Gasteiger partial charge in [-0.05, 0) is 37.6 Å². The van der Waals surface area contributed by atoms with Gasteiger partial charge in [-0.25, -0.2) is 4.39 Å². The van der Waals surface area contributed by atoms with E-state index in [2.05, 4.69) is 0 Å². The lowest BCUT2D eigenvalue weighted by atomic mass is 10.1. The molecule has 0 aromatic heterocycles. The van der Waals surface area contributed by atoms with Crippen molar-refractivity contribution in [3.63, 3.8) is 0 Å². The largest absolute Gasteiger partial charge is 0.426 e.